The van der Waals surface area contributed by atoms with E-state index < -0.39 is 19.1 Å². The molecule has 1 aliphatic rings. The van der Waals surface area contributed by atoms with Gasteiger partial charge in [-0.2, -0.15) is 0 Å². The number of carbonyl (C=O) groups excluding carboxylic acids is 1. The minimum Gasteiger partial charge on any atom is -0.426 e. The molecule has 1 fully saturated rings. The maximum Gasteiger partial charge on any atom is 0.475 e. The largest absolute Gasteiger partial charge is 0.475 e. The third kappa shape index (κ3) is 5.01. The van der Waals surface area contributed by atoms with Crippen LogP contribution in [0, 0.1) is 5.92 Å². The molecule has 6 heteroatoms. The highest BCUT2D eigenvalue weighted by Crippen LogP contribution is 2.38. The van der Waals surface area contributed by atoms with Crippen molar-refractivity contribution in [3.8, 4) is 0 Å². The Hall–Kier alpha value is -2.15. The molecule has 0 aromatic heterocycles. The van der Waals surface area contributed by atoms with Crippen molar-refractivity contribution in [3.63, 3.8) is 0 Å². The van der Waals surface area contributed by atoms with E-state index in [-0.39, 0.29) is 23.8 Å². The monoisotopic (exact) mass is 380 g/mol. The first kappa shape index (κ1) is 20.6. The lowest BCUT2D eigenvalue weighted by Crippen LogP contribution is -2.53. The minimum atomic E-state index is -1.58. The molecule has 1 saturated heterocycles. The molecular formula is C22H29BN2O3. The first-order valence-electron chi connectivity index (χ1n) is 9.98. The summed E-state index contributed by atoms with van der Waals surface area (Å²) in [6, 6.07) is 19.8. The highest BCUT2D eigenvalue weighted by atomic mass is 16.4. The first-order valence-corrected chi connectivity index (χ1v) is 9.98. The molecule has 28 heavy (non-hydrogen) atoms. The van der Waals surface area contributed by atoms with Gasteiger partial charge in [0, 0.05) is 12.0 Å². The lowest BCUT2D eigenvalue weighted by molar-refractivity contribution is -0.123. The molecule has 0 saturated carbocycles. The summed E-state index contributed by atoms with van der Waals surface area (Å²) in [6.07, 6.45) is 1.32. The normalized spacial score (nSPS) is 22.8. The molecular weight excluding hydrogens is 351 g/mol. The number of nitrogens with one attached hydrogen (secondary N) is 2. The average Bonchev–Trinajstić information content (AvgIpc) is 3.14. The fourth-order valence-electron chi connectivity index (χ4n) is 4.03. The molecule has 1 aliphatic heterocycles. The number of carbonyl (C=O) groups is 1. The summed E-state index contributed by atoms with van der Waals surface area (Å²) >= 11 is 0. The number of hydrogen-bond donors (Lipinski definition) is 4. The summed E-state index contributed by atoms with van der Waals surface area (Å²) in [6.45, 7) is 3.99. The second kappa shape index (κ2) is 9.37. The van der Waals surface area contributed by atoms with Crippen LogP contribution in [0.4, 0.5) is 0 Å². The Morgan fingerprint density at radius 3 is 2.18 bits per heavy atom. The molecule has 3 rings (SSSR count). The van der Waals surface area contributed by atoms with Crippen LogP contribution < -0.4 is 10.6 Å². The SMILES string of the molecule is CC(C)C[C@H](NC(=O)[C@@H]1N[C@H](c2ccccc2)C[C@H]1c1ccccc1)B(O)O. The summed E-state index contributed by atoms with van der Waals surface area (Å²) < 4.78 is 0. The molecule has 0 spiro atoms. The van der Waals surface area contributed by atoms with Gasteiger partial charge in [-0.15, -0.1) is 0 Å². The smallest absolute Gasteiger partial charge is 0.426 e. The molecule has 4 N–H and O–H groups in total. The van der Waals surface area contributed by atoms with Gasteiger partial charge in [0.2, 0.25) is 5.91 Å². The van der Waals surface area contributed by atoms with Crippen LogP contribution in [-0.2, 0) is 4.79 Å². The van der Waals surface area contributed by atoms with Gasteiger partial charge in [-0.05, 0) is 29.9 Å². The highest BCUT2D eigenvalue weighted by Gasteiger charge is 2.41. The number of hydrogen-bond acceptors (Lipinski definition) is 4. The molecule has 2 aromatic carbocycles. The fraction of sp³-hybridized carbons (Fsp3) is 0.409. The van der Waals surface area contributed by atoms with E-state index in [1.165, 1.54) is 0 Å². The molecule has 2 aromatic rings. The number of amides is 1. The third-order valence-corrected chi connectivity index (χ3v) is 5.40. The quantitative estimate of drug-likeness (QED) is 0.556. The van der Waals surface area contributed by atoms with Crippen molar-refractivity contribution in [2.24, 2.45) is 5.92 Å². The van der Waals surface area contributed by atoms with Gasteiger partial charge in [0.1, 0.15) is 0 Å². The molecule has 5 nitrogen and oxygen atoms in total. The Morgan fingerprint density at radius 1 is 1.07 bits per heavy atom. The van der Waals surface area contributed by atoms with E-state index in [2.05, 4.69) is 22.8 Å². The van der Waals surface area contributed by atoms with Crippen molar-refractivity contribution in [1.82, 2.24) is 10.6 Å². The third-order valence-electron chi connectivity index (χ3n) is 5.40. The molecule has 0 unspecified atom stereocenters. The topological polar surface area (TPSA) is 81.6 Å². The summed E-state index contributed by atoms with van der Waals surface area (Å²) in [5.74, 6) is -0.611. The van der Waals surface area contributed by atoms with Crippen LogP contribution in [-0.4, -0.2) is 35.1 Å². The summed E-state index contributed by atoms with van der Waals surface area (Å²) in [4.78, 5) is 13.1. The zero-order valence-electron chi connectivity index (χ0n) is 16.5. The zero-order valence-corrected chi connectivity index (χ0v) is 16.5. The average molecular weight is 380 g/mol. The molecule has 0 aliphatic carbocycles. The van der Waals surface area contributed by atoms with Gasteiger partial charge >= 0.3 is 7.12 Å². The maximum absolute atomic E-state index is 13.1. The van der Waals surface area contributed by atoms with Gasteiger partial charge in [0.05, 0.1) is 12.0 Å². The van der Waals surface area contributed by atoms with Crippen LogP contribution in [0.25, 0.3) is 0 Å². The van der Waals surface area contributed by atoms with E-state index in [4.69, 9.17) is 0 Å². The first-order chi connectivity index (χ1) is 13.5. The van der Waals surface area contributed by atoms with E-state index in [1.807, 2.05) is 62.4 Å². The van der Waals surface area contributed by atoms with E-state index in [9.17, 15) is 14.8 Å². The second-order valence-electron chi connectivity index (χ2n) is 8.02. The molecule has 1 heterocycles. The van der Waals surface area contributed by atoms with Crippen molar-refractivity contribution in [3.05, 3.63) is 71.8 Å². The predicted octanol–water partition coefficient (Wildman–Crippen LogP) is 2.42. The van der Waals surface area contributed by atoms with Gasteiger partial charge < -0.3 is 15.4 Å². The van der Waals surface area contributed by atoms with E-state index >= 15 is 0 Å². The fourth-order valence-corrected chi connectivity index (χ4v) is 4.03. The number of benzene rings is 2. The van der Waals surface area contributed by atoms with Crippen molar-refractivity contribution >= 4 is 13.0 Å². The number of rotatable bonds is 7. The van der Waals surface area contributed by atoms with Crippen molar-refractivity contribution in [2.45, 2.75) is 50.6 Å². The van der Waals surface area contributed by atoms with Gasteiger partial charge in [0.25, 0.3) is 0 Å². The van der Waals surface area contributed by atoms with Crippen LogP contribution in [0.5, 0.6) is 0 Å². The van der Waals surface area contributed by atoms with E-state index in [0.717, 1.165) is 17.5 Å². The molecule has 0 radical (unpaired) electrons. The summed E-state index contributed by atoms with van der Waals surface area (Å²) in [7, 11) is -1.58. The van der Waals surface area contributed by atoms with Crippen LogP contribution in [0.2, 0.25) is 0 Å². The Morgan fingerprint density at radius 2 is 1.64 bits per heavy atom. The van der Waals surface area contributed by atoms with E-state index in [1.54, 1.807) is 0 Å². The molecule has 148 valence electrons. The highest BCUT2D eigenvalue weighted by molar-refractivity contribution is 6.43. The van der Waals surface area contributed by atoms with Crippen molar-refractivity contribution in [2.75, 3.05) is 0 Å². The Balaban J connectivity index is 1.81. The van der Waals surface area contributed by atoms with Gasteiger partial charge in [-0.3, -0.25) is 10.1 Å². The van der Waals surface area contributed by atoms with Crippen molar-refractivity contribution < 1.29 is 14.8 Å². The Labute approximate surface area is 167 Å². The predicted molar refractivity (Wildman–Crippen MR) is 111 cm³/mol. The van der Waals surface area contributed by atoms with Gasteiger partial charge in [-0.25, -0.2) is 0 Å². The molecule has 1 amide bonds. The lowest BCUT2D eigenvalue weighted by atomic mass is 9.74. The van der Waals surface area contributed by atoms with Gasteiger partial charge in [0.15, 0.2) is 0 Å². The van der Waals surface area contributed by atoms with Gasteiger partial charge in [-0.1, -0.05) is 74.5 Å². The molecule has 4 atom stereocenters. The minimum absolute atomic E-state index is 0.0157. The van der Waals surface area contributed by atoms with Crippen LogP contribution >= 0.6 is 0 Å². The van der Waals surface area contributed by atoms with E-state index in [0.29, 0.717) is 6.42 Å². The zero-order chi connectivity index (χ0) is 20.1. The Bertz CT molecular complexity index is 755. The maximum atomic E-state index is 13.1. The van der Waals surface area contributed by atoms with Crippen LogP contribution in [0.1, 0.15) is 49.8 Å². The Kier molecular flexibility index (Phi) is 6.89. The second-order valence-corrected chi connectivity index (χ2v) is 8.02. The standard InChI is InChI=1S/C22H29BN2O3/c1-15(2)13-20(23(27)28)25-22(26)21-18(16-9-5-3-6-10-16)14-19(24-21)17-11-7-4-8-12-17/h3-12,15,18-21,24,27-28H,13-14H2,1-2H3,(H,25,26)/t18-,19-,20-,21+/m0/s1. The summed E-state index contributed by atoms with van der Waals surface area (Å²) in [5.41, 5.74) is 2.26. The van der Waals surface area contributed by atoms with Crippen LogP contribution in [0.3, 0.4) is 0 Å². The summed E-state index contributed by atoms with van der Waals surface area (Å²) in [5, 5.41) is 25.7. The molecule has 0 bridgehead atoms. The van der Waals surface area contributed by atoms with Crippen molar-refractivity contribution in [1.29, 1.82) is 0 Å². The lowest BCUT2D eigenvalue weighted by Gasteiger charge is -2.25. The van der Waals surface area contributed by atoms with Crippen LogP contribution in [0.15, 0.2) is 60.7 Å².